The van der Waals surface area contributed by atoms with Crippen LogP contribution in [0.2, 0.25) is 10.0 Å². The average molecular weight is 393 g/mol. The number of carbonyl (C=O) groups excluding carboxylic acids is 1. The quantitative estimate of drug-likeness (QED) is 0.776. The molecule has 6 heteroatoms. The first-order chi connectivity index (χ1) is 8.56. The lowest BCUT2D eigenvalue weighted by molar-refractivity contribution is 0.102. The molecule has 18 heavy (non-hydrogen) atoms. The van der Waals surface area contributed by atoms with E-state index in [-0.39, 0.29) is 5.91 Å². The number of rotatable bonds is 2. The fraction of sp³-hybridized carbons (Fsp3) is 0. The molecule has 1 aromatic carbocycles. The molecule has 0 spiro atoms. The van der Waals surface area contributed by atoms with E-state index >= 15 is 0 Å². The maximum atomic E-state index is 11.9. The number of aromatic nitrogens is 1. The second-order valence-electron chi connectivity index (χ2n) is 3.44. The maximum Gasteiger partial charge on any atom is 0.256 e. The molecule has 1 amide bonds. The van der Waals surface area contributed by atoms with E-state index in [0.717, 1.165) is 3.57 Å². The minimum absolute atomic E-state index is 0.275. The maximum absolute atomic E-state index is 11.9. The van der Waals surface area contributed by atoms with Crippen molar-refractivity contribution in [2.24, 2.45) is 0 Å². The molecule has 1 aromatic heterocycles. The minimum atomic E-state index is -0.275. The van der Waals surface area contributed by atoms with E-state index in [2.05, 4.69) is 32.9 Å². The van der Waals surface area contributed by atoms with Gasteiger partial charge < -0.3 is 5.32 Å². The second-order valence-corrected chi connectivity index (χ2v) is 5.45. The van der Waals surface area contributed by atoms with Gasteiger partial charge in [-0.1, -0.05) is 23.2 Å². The van der Waals surface area contributed by atoms with Crippen molar-refractivity contribution in [3.8, 4) is 0 Å². The Labute approximate surface area is 128 Å². The highest BCUT2D eigenvalue weighted by atomic mass is 127. The molecule has 0 aliphatic carbocycles. The van der Waals surface area contributed by atoms with Crippen LogP contribution in [0.3, 0.4) is 0 Å². The van der Waals surface area contributed by atoms with Crippen LogP contribution < -0.4 is 5.32 Å². The van der Waals surface area contributed by atoms with E-state index < -0.39 is 0 Å². The number of hydrogen-bond donors (Lipinski definition) is 1. The highest BCUT2D eigenvalue weighted by Crippen LogP contribution is 2.20. The molecule has 0 saturated carbocycles. The molecular weight excluding hydrogens is 386 g/mol. The summed E-state index contributed by atoms with van der Waals surface area (Å²) in [6.07, 6.45) is 1.53. The van der Waals surface area contributed by atoms with Gasteiger partial charge in [0.2, 0.25) is 0 Å². The molecule has 0 aliphatic heterocycles. The third kappa shape index (κ3) is 3.34. The number of amides is 1. The van der Waals surface area contributed by atoms with E-state index in [4.69, 9.17) is 23.2 Å². The summed E-state index contributed by atoms with van der Waals surface area (Å²) in [6.45, 7) is 0. The lowest BCUT2D eigenvalue weighted by Gasteiger charge is -2.05. The van der Waals surface area contributed by atoms with Crippen LogP contribution in [0.4, 0.5) is 5.82 Å². The number of nitrogens with zero attached hydrogens (tertiary/aromatic N) is 1. The SMILES string of the molecule is O=C(Nc1cc(Cl)ccn1)c1ccc(I)c(Cl)c1. The zero-order valence-corrected chi connectivity index (χ0v) is 12.6. The number of halogens is 3. The topological polar surface area (TPSA) is 42.0 Å². The Balaban J connectivity index is 2.19. The van der Waals surface area contributed by atoms with Crippen molar-refractivity contribution >= 4 is 57.5 Å². The van der Waals surface area contributed by atoms with Crippen LogP contribution >= 0.6 is 45.8 Å². The van der Waals surface area contributed by atoms with E-state index in [0.29, 0.717) is 21.4 Å². The monoisotopic (exact) mass is 392 g/mol. The van der Waals surface area contributed by atoms with Gasteiger partial charge in [-0.2, -0.15) is 0 Å². The lowest BCUT2D eigenvalue weighted by atomic mass is 10.2. The summed E-state index contributed by atoms with van der Waals surface area (Å²) in [5.74, 6) is 0.130. The molecule has 0 radical (unpaired) electrons. The third-order valence-corrected chi connectivity index (χ3v) is 3.95. The van der Waals surface area contributed by atoms with Gasteiger partial charge in [-0.3, -0.25) is 4.79 Å². The first-order valence-corrected chi connectivity index (χ1v) is 6.77. The van der Waals surface area contributed by atoms with Gasteiger partial charge in [-0.05, 0) is 52.9 Å². The Bertz CT molecular complexity index is 604. The normalized spacial score (nSPS) is 10.2. The van der Waals surface area contributed by atoms with E-state index in [1.54, 1.807) is 30.3 Å². The predicted molar refractivity (Wildman–Crippen MR) is 81.4 cm³/mol. The van der Waals surface area contributed by atoms with E-state index in [1.807, 2.05) is 0 Å². The fourth-order valence-electron chi connectivity index (χ4n) is 1.30. The van der Waals surface area contributed by atoms with Crippen LogP contribution in [-0.2, 0) is 0 Å². The standard InChI is InChI=1S/C12H7Cl2IN2O/c13-8-3-4-16-11(6-8)17-12(18)7-1-2-10(15)9(14)5-7/h1-6H,(H,16,17,18). The number of anilines is 1. The van der Waals surface area contributed by atoms with Crippen molar-refractivity contribution in [2.75, 3.05) is 5.32 Å². The van der Waals surface area contributed by atoms with Crippen molar-refractivity contribution < 1.29 is 4.79 Å². The van der Waals surface area contributed by atoms with Crippen molar-refractivity contribution in [1.29, 1.82) is 0 Å². The fourth-order valence-corrected chi connectivity index (χ4v) is 1.97. The molecule has 1 heterocycles. The number of pyridine rings is 1. The van der Waals surface area contributed by atoms with Gasteiger partial charge >= 0.3 is 0 Å². The van der Waals surface area contributed by atoms with Gasteiger partial charge in [-0.25, -0.2) is 4.98 Å². The zero-order chi connectivity index (χ0) is 13.1. The van der Waals surface area contributed by atoms with E-state index in [9.17, 15) is 4.79 Å². The minimum Gasteiger partial charge on any atom is -0.307 e. The molecular formula is C12H7Cl2IN2O. The molecule has 0 saturated heterocycles. The first kappa shape index (κ1) is 13.6. The number of benzene rings is 1. The van der Waals surface area contributed by atoms with Crippen LogP contribution in [-0.4, -0.2) is 10.9 Å². The summed E-state index contributed by atoms with van der Waals surface area (Å²) in [6, 6.07) is 8.31. The molecule has 0 fully saturated rings. The molecule has 0 bridgehead atoms. The number of hydrogen-bond acceptors (Lipinski definition) is 2. The Morgan fingerprint density at radius 3 is 2.67 bits per heavy atom. The predicted octanol–water partition coefficient (Wildman–Crippen LogP) is 4.25. The summed E-state index contributed by atoms with van der Waals surface area (Å²) < 4.78 is 0.895. The Hall–Kier alpha value is -0.850. The van der Waals surface area contributed by atoms with Gasteiger partial charge in [0, 0.05) is 20.4 Å². The molecule has 0 unspecified atom stereocenters. The number of nitrogens with one attached hydrogen (secondary N) is 1. The molecule has 2 aromatic rings. The Morgan fingerprint density at radius 2 is 2.00 bits per heavy atom. The molecule has 3 nitrogen and oxygen atoms in total. The van der Waals surface area contributed by atoms with Gasteiger partial charge in [-0.15, -0.1) is 0 Å². The van der Waals surface area contributed by atoms with Crippen molar-refractivity contribution in [1.82, 2.24) is 4.98 Å². The van der Waals surface area contributed by atoms with Gasteiger partial charge in [0.15, 0.2) is 0 Å². The third-order valence-electron chi connectivity index (χ3n) is 2.15. The largest absolute Gasteiger partial charge is 0.307 e. The van der Waals surface area contributed by atoms with Crippen LogP contribution in [0, 0.1) is 3.57 Å². The highest BCUT2D eigenvalue weighted by molar-refractivity contribution is 14.1. The Morgan fingerprint density at radius 1 is 1.22 bits per heavy atom. The van der Waals surface area contributed by atoms with Gasteiger partial charge in [0.25, 0.3) is 5.91 Å². The smallest absolute Gasteiger partial charge is 0.256 e. The summed E-state index contributed by atoms with van der Waals surface area (Å²) in [7, 11) is 0. The highest BCUT2D eigenvalue weighted by Gasteiger charge is 2.08. The summed E-state index contributed by atoms with van der Waals surface area (Å²) in [5, 5.41) is 3.71. The number of carbonyl (C=O) groups is 1. The summed E-state index contributed by atoms with van der Waals surface area (Å²) >= 11 is 13.9. The molecule has 92 valence electrons. The van der Waals surface area contributed by atoms with Crippen LogP contribution in [0.15, 0.2) is 36.5 Å². The molecule has 0 atom stereocenters. The van der Waals surface area contributed by atoms with E-state index in [1.165, 1.54) is 6.20 Å². The average Bonchev–Trinajstić information content (AvgIpc) is 2.32. The summed E-state index contributed by atoms with van der Waals surface area (Å²) in [5.41, 5.74) is 0.474. The van der Waals surface area contributed by atoms with Crippen LogP contribution in [0.5, 0.6) is 0 Å². The Kier molecular flexibility index (Phi) is 4.42. The van der Waals surface area contributed by atoms with Crippen molar-refractivity contribution in [3.05, 3.63) is 55.7 Å². The molecule has 1 N–H and O–H groups in total. The first-order valence-electron chi connectivity index (χ1n) is 4.94. The van der Waals surface area contributed by atoms with Crippen LogP contribution in [0.25, 0.3) is 0 Å². The zero-order valence-electron chi connectivity index (χ0n) is 8.95. The lowest BCUT2D eigenvalue weighted by Crippen LogP contribution is -2.12. The van der Waals surface area contributed by atoms with Gasteiger partial charge in [0.1, 0.15) is 5.82 Å². The molecule has 2 rings (SSSR count). The van der Waals surface area contributed by atoms with Crippen molar-refractivity contribution in [2.45, 2.75) is 0 Å². The van der Waals surface area contributed by atoms with Crippen molar-refractivity contribution in [3.63, 3.8) is 0 Å². The second kappa shape index (κ2) is 5.86. The van der Waals surface area contributed by atoms with Gasteiger partial charge in [0.05, 0.1) is 5.02 Å². The van der Waals surface area contributed by atoms with Crippen LogP contribution in [0.1, 0.15) is 10.4 Å². The molecule has 0 aliphatic rings. The summed E-state index contributed by atoms with van der Waals surface area (Å²) in [4.78, 5) is 15.9.